The van der Waals surface area contributed by atoms with Crippen LogP contribution in [0.25, 0.3) is 10.4 Å². The number of aliphatic hydroxyl groups is 1. The smallest absolute Gasteiger partial charge is 0.407 e. The molecule has 1 amide bonds. The number of rotatable bonds is 9. The molecule has 0 aliphatic heterocycles. The van der Waals surface area contributed by atoms with Gasteiger partial charge in [-0.2, -0.15) is 0 Å². The molecule has 0 saturated heterocycles. The van der Waals surface area contributed by atoms with Crippen molar-refractivity contribution in [2.75, 3.05) is 11.9 Å². The van der Waals surface area contributed by atoms with Crippen molar-refractivity contribution in [2.45, 2.75) is 100 Å². The van der Waals surface area contributed by atoms with Crippen LogP contribution >= 0.6 is 11.3 Å². The van der Waals surface area contributed by atoms with Crippen LogP contribution in [-0.4, -0.2) is 54.1 Å². The lowest BCUT2D eigenvalue weighted by atomic mass is 9.86. The summed E-state index contributed by atoms with van der Waals surface area (Å²) < 4.78 is 31.8. The number of hydrogen-bond donors (Lipinski definition) is 3. The fourth-order valence-electron chi connectivity index (χ4n) is 4.45. The predicted octanol–water partition coefficient (Wildman–Crippen LogP) is 5.09. The van der Waals surface area contributed by atoms with Crippen LogP contribution in [-0.2, 0) is 14.6 Å². The Hall–Kier alpha value is -2.17. The zero-order valence-electron chi connectivity index (χ0n) is 21.4. The molecule has 2 aliphatic carbocycles. The topological polar surface area (TPSA) is 118 Å². The summed E-state index contributed by atoms with van der Waals surface area (Å²) in [6, 6.07) is 5.51. The van der Waals surface area contributed by atoms with Gasteiger partial charge >= 0.3 is 6.09 Å². The van der Waals surface area contributed by atoms with Crippen molar-refractivity contribution >= 4 is 33.0 Å². The zero-order valence-corrected chi connectivity index (χ0v) is 23.0. The highest BCUT2D eigenvalue weighted by atomic mass is 32.2. The van der Waals surface area contributed by atoms with Crippen molar-refractivity contribution in [2.24, 2.45) is 0 Å². The molecule has 0 atom stereocenters. The molecule has 2 aromatic rings. The molecule has 1 aromatic carbocycles. The fraction of sp³-hybridized carbons (Fsp3) is 0.615. The minimum Gasteiger partial charge on any atom is -0.447 e. The molecule has 0 unspecified atom stereocenters. The molecule has 0 radical (unpaired) electrons. The third-order valence-electron chi connectivity index (χ3n) is 6.51. The number of carbonyl (C=O) groups excluding carboxylic acids is 1. The second kappa shape index (κ2) is 10.7. The van der Waals surface area contributed by atoms with E-state index in [1.165, 1.54) is 0 Å². The summed E-state index contributed by atoms with van der Waals surface area (Å²) in [5, 5.41) is 16.8. The Labute approximate surface area is 217 Å². The molecule has 10 heteroatoms. The Morgan fingerprint density at radius 2 is 1.89 bits per heavy atom. The molecule has 2 fully saturated rings. The van der Waals surface area contributed by atoms with Gasteiger partial charge in [0.15, 0.2) is 9.84 Å². The number of nitrogens with one attached hydrogen (secondary N) is 2. The molecule has 3 N–H and O–H groups in total. The largest absolute Gasteiger partial charge is 0.447 e. The monoisotopic (exact) mass is 535 g/mol. The first-order valence-corrected chi connectivity index (χ1v) is 15.1. The summed E-state index contributed by atoms with van der Waals surface area (Å²) in [4.78, 5) is 17.8. The van der Waals surface area contributed by atoms with Crippen LogP contribution in [0, 0.1) is 0 Å². The molecule has 2 aliphatic rings. The van der Waals surface area contributed by atoms with Crippen molar-refractivity contribution in [3.8, 4) is 10.4 Å². The maximum atomic E-state index is 13.3. The van der Waals surface area contributed by atoms with Crippen LogP contribution in [0.3, 0.4) is 0 Å². The van der Waals surface area contributed by atoms with Crippen LogP contribution in [0.1, 0.15) is 77.1 Å². The van der Waals surface area contributed by atoms with Gasteiger partial charge in [-0.25, -0.2) is 18.2 Å². The second-order valence-corrected chi connectivity index (χ2v) is 14.1. The number of anilines is 1. The molecular formula is C26H37N3O5S2. The Bertz CT molecular complexity index is 1170. The average Bonchev–Trinajstić information content (AvgIpc) is 3.55. The van der Waals surface area contributed by atoms with Gasteiger partial charge in [0.05, 0.1) is 31.7 Å². The lowest BCUT2D eigenvalue weighted by Gasteiger charge is -2.28. The number of aromatic nitrogens is 1. The summed E-state index contributed by atoms with van der Waals surface area (Å²) >= 11 is 1.55. The number of carbonyl (C=O) groups is 1. The van der Waals surface area contributed by atoms with Crippen LogP contribution in [0.2, 0.25) is 0 Å². The molecule has 36 heavy (non-hydrogen) atoms. The van der Waals surface area contributed by atoms with Crippen molar-refractivity contribution in [3.05, 3.63) is 29.4 Å². The summed E-state index contributed by atoms with van der Waals surface area (Å²) in [7, 11) is -3.44. The third kappa shape index (κ3) is 6.77. The van der Waals surface area contributed by atoms with Gasteiger partial charge in [-0.15, -0.1) is 11.3 Å². The third-order valence-corrected chi connectivity index (χ3v) is 10.00. The van der Waals surface area contributed by atoms with Gasteiger partial charge < -0.3 is 20.5 Å². The van der Waals surface area contributed by atoms with Crippen molar-refractivity contribution in [1.82, 2.24) is 10.3 Å². The maximum absolute atomic E-state index is 13.3. The lowest BCUT2D eigenvalue weighted by Crippen LogP contribution is -2.38. The highest BCUT2D eigenvalue weighted by molar-refractivity contribution is 7.92. The summed E-state index contributed by atoms with van der Waals surface area (Å²) in [6.45, 7) is 7.38. The van der Waals surface area contributed by atoms with E-state index in [4.69, 9.17) is 4.74 Å². The molecule has 0 spiro atoms. The van der Waals surface area contributed by atoms with E-state index in [2.05, 4.69) is 15.6 Å². The molecule has 1 aromatic heterocycles. The summed E-state index contributed by atoms with van der Waals surface area (Å²) in [6.07, 6.45) is 6.20. The van der Waals surface area contributed by atoms with Crippen LogP contribution in [0.5, 0.6) is 0 Å². The van der Waals surface area contributed by atoms with E-state index in [0.29, 0.717) is 41.5 Å². The van der Waals surface area contributed by atoms with Gasteiger partial charge in [-0.1, -0.05) is 6.07 Å². The van der Waals surface area contributed by atoms with E-state index in [1.54, 1.807) is 37.4 Å². The predicted molar refractivity (Wildman–Crippen MR) is 142 cm³/mol. The van der Waals surface area contributed by atoms with Gasteiger partial charge in [0, 0.05) is 36.0 Å². The fourth-order valence-corrected chi connectivity index (χ4v) is 7.53. The quantitative estimate of drug-likeness (QED) is 0.409. The van der Waals surface area contributed by atoms with Gasteiger partial charge in [0.1, 0.15) is 0 Å². The van der Waals surface area contributed by atoms with Crippen LogP contribution in [0.4, 0.5) is 10.5 Å². The first-order valence-electron chi connectivity index (χ1n) is 12.7. The van der Waals surface area contributed by atoms with E-state index >= 15 is 0 Å². The van der Waals surface area contributed by atoms with E-state index in [-0.39, 0.29) is 23.5 Å². The minimum atomic E-state index is -3.44. The first-order chi connectivity index (χ1) is 16.9. The molecule has 1 heterocycles. The zero-order chi connectivity index (χ0) is 26.1. The number of amides is 1. The van der Waals surface area contributed by atoms with Crippen molar-refractivity contribution < 1.29 is 23.1 Å². The number of nitrogens with zero attached hydrogens (tertiary/aromatic N) is 1. The summed E-state index contributed by atoms with van der Waals surface area (Å²) in [5.74, 6) is 0.291. The van der Waals surface area contributed by atoms with E-state index in [0.717, 1.165) is 35.6 Å². The lowest BCUT2D eigenvalue weighted by molar-refractivity contribution is 0.0945. The highest BCUT2D eigenvalue weighted by Crippen LogP contribution is 2.43. The number of ether oxygens (including phenoxy) is 1. The van der Waals surface area contributed by atoms with Crippen LogP contribution in [0.15, 0.2) is 29.3 Å². The summed E-state index contributed by atoms with van der Waals surface area (Å²) in [5.41, 5.74) is 0.447. The molecule has 8 nitrogen and oxygen atoms in total. The Morgan fingerprint density at radius 1 is 1.19 bits per heavy atom. The number of benzene rings is 1. The van der Waals surface area contributed by atoms with E-state index in [1.807, 2.05) is 26.0 Å². The van der Waals surface area contributed by atoms with Crippen molar-refractivity contribution in [3.63, 3.8) is 0 Å². The first kappa shape index (κ1) is 26.9. The molecular weight excluding hydrogens is 498 g/mol. The van der Waals surface area contributed by atoms with Gasteiger partial charge in [0.2, 0.25) is 0 Å². The number of thiazole rings is 1. The normalized spacial score (nSPS) is 20.8. The number of hydrogen-bond acceptors (Lipinski definition) is 8. The SMILES string of the molecule is CC(C)OC(=O)NC1CCC(c2ncc(-c3ccc(NCC(C)(C)O)cc3S(=O)(=O)C3CC3)s2)CC1. The second-order valence-electron chi connectivity index (χ2n) is 10.8. The van der Waals surface area contributed by atoms with Gasteiger partial charge in [-0.05, 0) is 78.4 Å². The molecule has 4 rings (SSSR count). The van der Waals surface area contributed by atoms with E-state index < -0.39 is 15.4 Å². The molecule has 2 saturated carbocycles. The van der Waals surface area contributed by atoms with Gasteiger partial charge in [0.25, 0.3) is 0 Å². The van der Waals surface area contributed by atoms with Crippen LogP contribution < -0.4 is 10.6 Å². The average molecular weight is 536 g/mol. The van der Waals surface area contributed by atoms with Gasteiger partial charge in [-0.3, -0.25) is 0 Å². The van der Waals surface area contributed by atoms with Crippen molar-refractivity contribution in [1.29, 1.82) is 0 Å². The Balaban J connectivity index is 1.49. The highest BCUT2D eigenvalue weighted by Gasteiger charge is 2.39. The number of sulfone groups is 1. The molecule has 198 valence electrons. The maximum Gasteiger partial charge on any atom is 0.407 e. The molecule has 0 bridgehead atoms. The standard InChI is InChI=1S/C26H37N3O5S2/c1-16(2)34-25(30)29-18-7-5-17(6-8-18)24-27-14-22(35-24)21-12-9-19(28-15-26(3,4)31)13-23(21)36(32,33)20-10-11-20/h9,12-14,16-18,20,28,31H,5-8,10-11,15H2,1-4H3,(H,29,30). The Kier molecular flexibility index (Phi) is 7.97. The minimum absolute atomic E-state index is 0.103. The Morgan fingerprint density at radius 3 is 2.50 bits per heavy atom. The number of alkyl carbamates (subject to hydrolysis) is 1. The van der Waals surface area contributed by atoms with E-state index in [9.17, 15) is 18.3 Å².